The Morgan fingerprint density at radius 1 is 1.32 bits per heavy atom. The van der Waals surface area contributed by atoms with E-state index in [9.17, 15) is 4.79 Å². The first-order valence-electron chi connectivity index (χ1n) is 6.72. The maximum Gasteiger partial charge on any atom is 0.253 e. The maximum absolute atomic E-state index is 12.5. The van der Waals surface area contributed by atoms with E-state index in [1.807, 2.05) is 34.9 Å². The highest BCUT2D eigenvalue weighted by molar-refractivity contribution is 7.99. The van der Waals surface area contributed by atoms with Crippen molar-refractivity contribution in [3.63, 3.8) is 0 Å². The van der Waals surface area contributed by atoms with Gasteiger partial charge in [0.25, 0.3) is 5.91 Å². The van der Waals surface area contributed by atoms with Gasteiger partial charge in [-0.15, -0.1) is 0 Å². The molecule has 0 saturated carbocycles. The summed E-state index contributed by atoms with van der Waals surface area (Å²) in [5.41, 5.74) is 1.96. The molecule has 0 spiro atoms. The zero-order valence-corrected chi connectivity index (χ0v) is 12.3. The SMILES string of the molecule is CC1(C)COc2ccc(C(=O)N3CCSCC3)cc21. The Labute approximate surface area is 118 Å². The third kappa shape index (κ3) is 2.34. The molecule has 102 valence electrons. The molecule has 1 saturated heterocycles. The second-order valence-electron chi connectivity index (χ2n) is 5.79. The van der Waals surface area contributed by atoms with Crippen molar-refractivity contribution in [3.8, 4) is 5.75 Å². The Kier molecular flexibility index (Phi) is 3.21. The normalized spacial score (nSPS) is 20.8. The molecule has 1 aromatic rings. The van der Waals surface area contributed by atoms with Crippen molar-refractivity contribution in [2.45, 2.75) is 19.3 Å². The van der Waals surface area contributed by atoms with Crippen molar-refractivity contribution >= 4 is 17.7 Å². The molecule has 2 aliphatic heterocycles. The lowest BCUT2D eigenvalue weighted by Gasteiger charge is -2.26. The molecule has 2 aliphatic rings. The van der Waals surface area contributed by atoms with Gasteiger partial charge in [0, 0.05) is 41.1 Å². The Morgan fingerprint density at radius 3 is 2.79 bits per heavy atom. The topological polar surface area (TPSA) is 29.5 Å². The lowest BCUT2D eigenvalue weighted by molar-refractivity contribution is 0.0772. The first kappa shape index (κ1) is 12.9. The fourth-order valence-electron chi connectivity index (χ4n) is 2.60. The zero-order chi connectivity index (χ0) is 13.5. The van der Waals surface area contributed by atoms with Crippen LogP contribution in [0.25, 0.3) is 0 Å². The van der Waals surface area contributed by atoms with Crippen LogP contribution in [-0.2, 0) is 5.41 Å². The highest BCUT2D eigenvalue weighted by Gasteiger charge is 2.32. The second-order valence-corrected chi connectivity index (χ2v) is 7.01. The van der Waals surface area contributed by atoms with E-state index in [2.05, 4.69) is 13.8 Å². The van der Waals surface area contributed by atoms with Gasteiger partial charge in [0.15, 0.2) is 0 Å². The molecule has 4 heteroatoms. The molecule has 19 heavy (non-hydrogen) atoms. The molecule has 0 N–H and O–H groups in total. The molecule has 1 aromatic carbocycles. The molecule has 0 aromatic heterocycles. The average Bonchev–Trinajstić information content (AvgIpc) is 2.74. The van der Waals surface area contributed by atoms with Crippen LogP contribution in [-0.4, -0.2) is 42.0 Å². The van der Waals surface area contributed by atoms with Crippen LogP contribution in [0.1, 0.15) is 29.8 Å². The number of amides is 1. The van der Waals surface area contributed by atoms with E-state index in [1.54, 1.807) is 0 Å². The largest absolute Gasteiger partial charge is 0.492 e. The summed E-state index contributed by atoms with van der Waals surface area (Å²) in [5.74, 6) is 3.18. The van der Waals surface area contributed by atoms with Gasteiger partial charge in [0.05, 0.1) is 6.61 Å². The van der Waals surface area contributed by atoms with Gasteiger partial charge in [-0.3, -0.25) is 4.79 Å². The van der Waals surface area contributed by atoms with Gasteiger partial charge >= 0.3 is 0 Å². The molecule has 1 fully saturated rings. The number of thioether (sulfide) groups is 1. The van der Waals surface area contributed by atoms with Crippen LogP contribution < -0.4 is 4.74 Å². The number of carbonyl (C=O) groups is 1. The lowest BCUT2D eigenvalue weighted by atomic mass is 9.86. The van der Waals surface area contributed by atoms with E-state index >= 15 is 0 Å². The summed E-state index contributed by atoms with van der Waals surface area (Å²) < 4.78 is 5.67. The Hall–Kier alpha value is -1.16. The van der Waals surface area contributed by atoms with Gasteiger partial charge in [0.1, 0.15) is 5.75 Å². The van der Waals surface area contributed by atoms with Crippen LogP contribution in [0.4, 0.5) is 0 Å². The maximum atomic E-state index is 12.5. The van der Waals surface area contributed by atoms with Gasteiger partial charge < -0.3 is 9.64 Å². The minimum absolute atomic E-state index is 0.00335. The van der Waals surface area contributed by atoms with E-state index in [0.717, 1.165) is 41.5 Å². The van der Waals surface area contributed by atoms with Gasteiger partial charge in [-0.2, -0.15) is 11.8 Å². The van der Waals surface area contributed by atoms with E-state index in [1.165, 1.54) is 0 Å². The quantitative estimate of drug-likeness (QED) is 0.790. The number of carbonyl (C=O) groups excluding carboxylic acids is 1. The molecule has 0 atom stereocenters. The molecular weight excluding hydrogens is 258 g/mol. The molecule has 0 aliphatic carbocycles. The Morgan fingerprint density at radius 2 is 2.05 bits per heavy atom. The molecule has 0 bridgehead atoms. The van der Waals surface area contributed by atoms with Crippen LogP contribution in [0.2, 0.25) is 0 Å². The third-order valence-corrected chi connectivity index (χ3v) is 4.78. The molecule has 3 nitrogen and oxygen atoms in total. The van der Waals surface area contributed by atoms with E-state index in [0.29, 0.717) is 6.61 Å². The summed E-state index contributed by atoms with van der Waals surface area (Å²) in [5, 5.41) is 0. The van der Waals surface area contributed by atoms with Crippen molar-refractivity contribution in [1.29, 1.82) is 0 Å². The van der Waals surface area contributed by atoms with Crippen LogP contribution in [0.15, 0.2) is 18.2 Å². The summed E-state index contributed by atoms with van der Waals surface area (Å²) in [6.45, 7) is 6.73. The second kappa shape index (κ2) is 4.75. The van der Waals surface area contributed by atoms with Crippen LogP contribution >= 0.6 is 11.8 Å². The Balaban J connectivity index is 1.88. The number of hydrogen-bond acceptors (Lipinski definition) is 3. The number of hydrogen-bond donors (Lipinski definition) is 0. The summed E-state index contributed by atoms with van der Waals surface area (Å²) in [6.07, 6.45) is 0. The number of fused-ring (bicyclic) bond motifs is 1. The molecular formula is C15H19NO2S. The highest BCUT2D eigenvalue weighted by Crippen LogP contribution is 2.38. The Bertz CT molecular complexity index is 507. The highest BCUT2D eigenvalue weighted by atomic mass is 32.2. The molecule has 2 heterocycles. The van der Waals surface area contributed by atoms with Gasteiger partial charge in [-0.1, -0.05) is 13.8 Å². The van der Waals surface area contributed by atoms with Gasteiger partial charge in [0.2, 0.25) is 0 Å². The number of benzene rings is 1. The van der Waals surface area contributed by atoms with Crippen molar-refractivity contribution in [2.24, 2.45) is 0 Å². The van der Waals surface area contributed by atoms with Gasteiger partial charge in [-0.05, 0) is 18.2 Å². The standard InChI is InChI=1S/C15H19NO2S/c1-15(2)10-18-13-4-3-11(9-12(13)15)14(17)16-5-7-19-8-6-16/h3-4,9H,5-8,10H2,1-2H3. The van der Waals surface area contributed by atoms with Crippen LogP contribution in [0.3, 0.4) is 0 Å². The predicted molar refractivity (Wildman–Crippen MR) is 78.2 cm³/mol. The number of ether oxygens (including phenoxy) is 1. The van der Waals surface area contributed by atoms with Crippen LogP contribution in [0.5, 0.6) is 5.75 Å². The number of rotatable bonds is 1. The van der Waals surface area contributed by atoms with E-state index in [4.69, 9.17) is 4.74 Å². The first-order chi connectivity index (χ1) is 9.08. The minimum atomic E-state index is 0.00335. The van der Waals surface area contributed by atoms with Crippen molar-refractivity contribution in [3.05, 3.63) is 29.3 Å². The zero-order valence-electron chi connectivity index (χ0n) is 11.4. The lowest BCUT2D eigenvalue weighted by Crippen LogP contribution is -2.38. The minimum Gasteiger partial charge on any atom is -0.492 e. The fraction of sp³-hybridized carbons (Fsp3) is 0.533. The third-order valence-electron chi connectivity index (χ3n) is 3.84. The first-order valence-corrected chi connectivity index (χ1v) is 7.88. The summed E-state index contributed by atoms with van der Waals surface area (Å²) in [6, 6.07) is 5.85. The smallest absolute Gasteiger partial charge is 0.253 e. The molecule has 0 radical (unpaired) electrons. The molecule has 0 unspecified atom stereocenters. The van der Waals surface area contributed by atoms with Gasteiger partial charge in [-0.25, -0.2) is 0 Å². The molecule has 1 amide bonds. The summed E-state index contributed by atoms with van der Waals surface area (Å²) in [7, 11) is 0. The van der Waals surface area contributed by atoms with E-state index in [-0.39, 0.29) is 11.3 Å². The van der Waals surface area contributed by atoms with Crippen LogP contribution in [0, 0.1) is 0 Å². The van der Waals surface area contributed by atoms with Crippen molar-refractivity contribution < 1.29 is 9.53 Å². The fourth-order valence-corrected chi connectivity index (χ4v) is 3.51. The summed E-state index contributed by atoms with van der Waals surface area (Å²) >= 11 is 1.92. The van der Waals surface area contributed by atoms with Crippen molar-refractivity contribution in [2.75, 3.05) is 31.2 Å². The molecule has 3 rings (SSSR count). The summed E-state index contributed by atoms with van der Waals surface area (Å²) in [4.78, 5) is 14.4. The number of nitrogens with zero attached hydrogens (tertiary/aromatic N) is 1. The van der Waals surface area contributed by atoms with E-state index < -0.39 is 0 Å². The average molecular weight is 277 g/mol. The monoisotopic (exact) mass is 277 g/mol. The van der Waals surface area contributed by atoms with Crippen molar-refractivity contribution in [1.82, 2.24) is 4.90 Å². The predicted octanol–water partition coefficient (Wildman–Crippen LogP) is 2.55.